The first-order valence-electron chi connectivity index (χ1n) is 13.6. The number of thioether (sulfide) groups is 1. The Balaban J connectivity index is 1.55. The van der Waals surface area contributed by atoms with E-state index in [0.29, 0.717) is 48.4 Å². The molecule has 0 saturated carbocycles. The fraction of sp³-hybridized carbons (Fsp3) is 0.258. The van der Waals surface area contributed by atoms with Gasteiger partial charge < -0.3 is 20.1 Å². The molecule has 2 heterocycles. The Bertz CT molecular complexity index is 1710. The molecule has 12 heteroatoms. The number of methoxy groups -OCH3 is 1. The van der Waals surface area contributed by atoms with Gasteiger partial charge >= 0.3 is 0 Å². The van der Waals surface area contributed by atoms with E-state index in [4.69, 9.17) is 42.8 Å². The highest BCUT2D eigenvalue weighted by Crippen LogP contribution is 2.44. The van der Waals surface area contributed by atoms with E-state index in [9.17, 15) is 4.79 Å². The van der Waals surface area contributed by atoms with Crippen molar-refractivity contribution >= 4 is 68.4 Å². The van der Waals surface area contributed by atoms with E-state index in [1.54, 1.807) is 35.7 Å². The highest BCUT2D eigenvalue weighted by Gasteiger charge is 2.35. The highest BCUT2D eigenvalue weighted by molar-refractivity contribution is 9.10. The van der Waals surface area contributed by atoms with Crippen molar-refractivity contribution in [1.29, 1.82) is 0 Å². The number of ether oxygens (including phenoxy) is 2. The first-order chi connectivity index (χ1) is 20.7. The molecule has 1 aliphatic rings. The molecule has 2 N–H and O–H groups in total. The molecule has 224 valence electrons. The van der Waals surface area contributed by atoms with Crippen LogP contribution in [0, 0.1) is 6.92 Å². The third-order valence-electron chi connectivity index (χ3n) is 6.86. The first kappa shape index (κ1) is 31.3. The Morgan fingerprint density at radius 2 is 1.95 bits per heavy atom. The number of aryl methyl sites for hydroxylation is 1. The summed E-state index contributed by atoms with van der Waals surface area (Å²) in [4.78, 5) is 18.7. The zero-order chi connectivity index (χ0) is 30.7. The van der Waals surface area contributed by atoms with Crippen LogP contribution >= 0.6 is 50.9 Å². The second-order valence-electron chi connectivity index (χ2n) is 9.90. The maximum absolute atomic E-state index is 14.0. The van der Waals surface area contributed by atoms with Gasteiger partial charge in [0, 0.05) is 32.7 Å². The van der Waals surface area contributed by atoms with Crippen LogP contribution in [0.25, 0.3) is 0 Å². The van der Waals surface area contributed by atoms with Gasteiger partial charge in [-0.15, -0.1) is 5.10 Å². The molecule has 0 saturated heterocycles. The van der Waals surface area contributed by atoms with E-state index in [0.717, 1.165) is 34.6 Å². The third kappa shape index (κ3) is 6.82. The van der Waals surface area contributed by atoms with Crippen molar-refractivity contribution in [3.05, 3.63) is 97.1 Å². The lowest BCUT2D eigenvalue weighted by atomic mass is 9.94. The number of nitrogens with zero attached hydrogens (tertiary/aromatic N) is 3. The van der Waals surface area contributed by atoms with Gasteiger partial charge in [-0.05, 0) is 77.7 Å². The number of hydrogen-bond acceptors (Lipinski definition) is 7. The van der Waals surface area contributed by atoms with Crippen molar-refractivity contribution in [1.82, 2.24) is 14.8 Å². The highest BCUT2D eigenvalue weighted by atomic mass is 79.9. The second kappa shape index (κ2) is 13.6. The number of benzene rings is 3. The Labute approximate surface area is 273 Å². The summed E-state index contributed by atoms with van der Waals surface area (Å²) in [5.41, 5.74) is 4.41. The Morgan fingerprint density at radius 3 is 2.67 bits per heavy atom. The Kier molecular flexibility index (Phi) is 9.91. The molecule has 0 aliphatic carbocycles. The number of halogens is 3. The van der Waals surface area contributed by atoms with Crippen molar-refractivity contribution in [3.63, 3.8) is 0 Å². The van der Waals surface area contributed by atoms with E-state index in [1.165, 1.54) is 0 Å². The summed E-state index contributed by atoms with van der Waals surface area (Å²) >= 11 is 17.7. The minimum atomic E-state index is -0.603. The molecule has 0 radical (unpaired) electrons. The van der Waals surface area contributed by atoms with Crippen LogP contribution in [0.3, 0.4) is 0 Å². The Morgan fingerprint density at radius 1 is 1.16 bits per heavy atom. The summed E-state index contributed by atoms with van der Waals surface area (Å²) in [6.45, 7) is 6.14. The molecule has 1 atom stereocenters. The molecule has 0 fully saturated rings. The standard InChI is InChI=1S/C31H30BrCl2N5O3S/c1-5-12-43-31-37-30-35-18(3)26(29(40)36-24-9-7-6-8-17(24)2)27(39(30)38-31)20-13-22(32)28(25(14-20)41-4)42-16-19-10-11-21(33)15-23(19)34/h6-11,13-15,27H,5,12,16H2,1-4H3,(H,36,40)(H,35,37,38). The van der Waals surface area contributed by atoms with Crippen molar-refractivity contribution < 1.29 is 14.3 Å². The predicted molar refractivity (Wildman–Crippen MR) is 177 cm³/mol. The molecule has 8 nitrogen and oxygen atoms in total. The third-order valence-corrected chi connectivity index (χ3v) is 9.08. The van der Waals surface area contributed by atoms with Crippen LogP contribution in [0.15, 0.2) is 75.5 Å². The number of allylic oxidation sites excluding steroid dienone is 1. The van der Waals surface area contributed by atoms with Crippen LogP contribution in [-0.2, 0) is 11.4 Å². The average molecular weight is 703 g/mol. The van der Waals surface area contributed by atoms with Gasteiger partial charge in [-0.2, -0.15) is 4.98 Å². The van der Waals surface area contributed by atoms with E-state index in [-0.39, 0.29) is 12.5 Å². The van der Waals surface area contributed by atoms with Gasteiger partial charge in [0.2, 0.25) is 11.1 Å². The Hall–Kier alpha value is -3.18. The molecular weight excluding hydrogens is 673 g/mol. The molecule has 1 aliphatic heterocycles. The molecule has 0 spiro atoms. The minimum absolute atomic E-state index is 0.200. The largest absolute Gasteiger partial charge is 0.493 e. The summed E-state index contributed by atoms with van der Waals surface area (Å²) in [5.74, 6) is 2.16. The van der Waals surface area contributed by atoms with Crippen molar-refractivity contribution in [3.8, 4) is 11.5 Å². The van der Waals surface area contributed by atoms with Crippen LogP contribution < -0.4 is 20.1 Å². The summed E-state index contributed by atoms with van der Waals surface area (Å²) in [6.07, 6.45) is 0.986. The number of anilines is 2. The maximum atomic E-state index is 14.0. The fourth-order valence-electron chi connectivity index (χ4n) is 4.72. The van der Waals surface area contributed by atoms with Gasteiger partial charge in [-0.1, -0.05) is 66.2 Å². The van der Waals surface area contributed by atoms with Gasteiger partial charge in [0.25, 0.3) is 5.91 Å². The second-order valence-corrected chi connectivity index (χ2v) is 12.7. The van der Waals surface area contributed by atoms with E-state index >= 15 is 0 Å². The lowest BCUT2D eigenvalue weighted by Gasteiger charge is -2.29. The number of carbonyl (C=O) groups is 1. The van der Waals surface area contributed by atoms with Crippen molar-refractivity contribution in [2.75, 3.05) is 23.5 Å². The number of amides is 1. The van der Waals surface area contributed by atoms with Gasteiger partial charge in [0.05, 0.1) is 17.2 Å². The van der Waals surface area contributed by atoms with Gasteiger partial charge in [-0.3, -0.25) is 4.79 Å². The smallest absolute Gasteiger partial charge is 0.255 e. The molecule has 1 unspecified atom stereocenters. The summed E-state index contributed by atoms with van der Waals surface area (Å²) in [7, 11) is 1.57. The maximum Gasteiger partial charge on any atom is 0.255 e. The molecule has 3 aromatic carbocycles. The molecule has 5 rings (SSSR count). The van der Waals surface area contributed by atoms with Crippen molar-refractivity contribution in [2.24, 2.45) is 0 Å². The molecule has 4 aromatic rings. The first-order valence-corrected chi connectivity index (χ1v) is 16.1. The normalized spacial score (nSPS) is 14.3. The van der Waals surface area contributed by atoms with Gasteiger partial charge in [-0.25, -0.2) is 4.68 Å². The topological polar surface area (TPSA) is 90.3 Å². The van der Waals surface area contributed by atoms with Crippen LogP contribution in [0.5, 0.6) is 11.5 Å². The zero-order valence-electron chi connectivity index (χ0n) is 24.0. The van der Waals surface area contributed by atoms with Gasteiger partial charge in [0.1, 0.15) is 12.6 Å². The van der Waals surface area contributed by atoms with Crippen LogP contribution in [0.2, 0.25) is 10.0 Å². The van der Waals surface area contributed by atoms with Gasteiger partial charge in [0.15, 0.2) is 11.5 Å². The minimum Gasteiger partial charge on any atom is -0.493 e. The predicted octanol–water partition coefficient (Wildman–Crippen LogP) is 8.67. The molecule has 1 amide bonds. The van der Waals surface area contributed by atoms with E-state index in [1.807, 2.05) is 56.3 Å². The number of rotatable bonds is 10. The average Bonchev–Trinajstić information content (AvgIpc) is 3.38. The summed E-state index contributed by atoms with van der Waals surface area (Å²) in [5, 5.41) is 12.9. The molecule has 0 bridgehead atoms. The van der Waals surface area contributed by atoms with Crippen LogP contribution in [0.1, 0.15) is 43.0 Å². The number of carbonyl (C=O) groups excluding carboxylic acids is 1. The fourth-order valence-corrected chi connectivity index (χ4v) is 6.44. The van der Waals surface area contributed by atoms with Crippen molar-refractivity contribution in [2.45, 2.75) is 45.0 Å². The van der Waals surface area contributed by atoms with Crippen LogP contribution in [0.4, 0.5) is 11.6 Å². The molecular formula is C31H30BrCl2N5O3S. The number of hydrogen-bond donors (Lipinski definition) is 2. The summed E-state index contributed by atoms with van der Waals surface area (Å²) < 4.78 is 14.4. The summed E-state index contributed by atoms with van der Waals surface area (Å²) in [6, 6.07) is 16.1. The van der Waals surface area contributed by atoms with Crippen LogP contribution in [-0.4, -0.2) is 33.5 Å². The van der Waals surface area contributed by atoms with E-state index < -0.39 is 6.04 Å². The zero-order valence-corrected chi connectivity index (χ0v) is 27.9. The lowest BCUT2D eigenvalue weighted by Crippen LogP contribution is -2.31. The number of para-hydroxylation sites is 1. The van der Waals surface area contributed by atoms with E-state index in [2.05, 4.69) is 33.5 Å². The monoisotopic (exact) mass is 701 g/mol. The number of aromatic nitrogens is 3. The lowest BCUT2D eigenvalue weighted by molar-refractivity contribution is -0.113. The molecule has 1 aromatic heterocycles. The number of fused-ring (bicyclic) bond motifs is 1. The molecule has 43 heavy (non-hydrogen) atoms. The quantitative estimate of drug-likeness (QED) is 0.160. The SMILES string of the molecule is CCCSc1nc2n(n1)C(c1cc(Br)c(OCc3ccc(Cl)cc3Cl)c(OC)c1)C(C(=O)Nc1ccccc1C)=C(C)N2. The number of nitrogens with one attached hydrogen (secondary N) is 2.